The highest BCUT2D eigenvalue weighted by atomic mass is 16.2. The number of aryl methyl sites for hydroxylation is 1. The van der Waals surface area contributed by atoms with E-state index in [1.165, 1.54) is 0 Å². The molecule has 0 aliphatic carbocycles. The van der Waals surface area contributed by atoms with Crippen LogP contribution in [0.3, 0.4) is 0 Å². The van der Waals surface area contributed by atoms with Gasteiger partial charge in [-0.2, -0.15) is 5.10 Å². The van der Waals surface area contributed by atoms with E-state index in [1.807, 2.05) is 36.4 Å². The quantitative estimate of drug-likeness (QED) is 0.869. The van der Waals surface area contributed by atoms with Gasteiger partial charge in [-0.15, -0.1) is 0 Å². The number of rotatable bonds is 3. The minimum atomic E-state index is -0.393. The second kappa shape index (κ2) is 6.34. The van der Waals surface area contributed by atoms with E-state index < -0.39 is 5.41 Å². The van der Waals surface area contributed by atoms with Gasteiger partial charge in [-0.25, -0.2) is 0 Å². The molecule has 1 atom stereocenters. The van der Waals surface area contributed by atoms with E-state index in [2.05, 4.69) is 22.0 Å². The summed E-state index contributed by atoms with van der Waals surface area (Å²) in [6, 6.07) is 1.95. The summed E-state index contributed by atoms with van der Waals surface area (Å²) in [7, 11) is 0. The summed E-state index contributed by atoms with van der Waals surface area (Å²) in [5.74, 6) is 0.172. The summed E-state index contributed by atoms with van der Waals surface area (Å²) < 4.78 is 1.92. The van der Waals surface area contributed by atoms with Crippen LogP contribution in [0.2, 0.25) is 0 Å². The maximum absolute atomic E-state index is 12.8. The van der Waals surface area contributed by atoms with Gasteiger partial charge in [-0.3, -0.25) is 19.4 Å². The average molecular weight is 327 g/mol. The highest BCUT2D eigenvalue weighted by molar-refractivity contribution is 5.82. The zero-order valence-corrected chi connectivity index (χ0v) is 14.9. The molecule has 2 aromatic heterocycles. The monoisotopic (exact) mass is 327 g/mol. The van der Waals surface area contributed by atoms with Gasteiger partial charge in [0.2, 0.25) is 5.91 Å². The van der Waals surface area contributed by atoms with Crippen molar-refractivity contribution in [3.05, 3.63) is 30.4 Å². The zero-order valence-electron chi connectivity index (χ0n) is 14.9. The first-order chi connectivity index (χ1) is 11.4. The van der Waals surface area contributed by atoms with Crippen molar-refractivity contribution in [2.45, 2.75) is 53.1 Å². The number of carbonyl (C=O) groups is 1. The van der Waals surface area contributed by atoms with Gasteiger partial charge in [-0.1, -0.05) is 20.8 Å². The standard InChI is InChI=1S/C18H25N5O/c1-5-23-14(8-9-21-23)16-15(19-10-11-20-16)13-7-6-12-22(13)17(24)18(2,3)4/h8-11,13H,5-7,12H2,1-4H3/t13-/m0/s1. The van der Waals surface area contributed by atoms with E-state index in [0.29, 0.717) is 0 Å². The number of amides is 1. The number of likely N-dealkylation sites (tertiary alicyclic amines) is 1. The lowest BCUT2D eigenvalue weighted by atomic mass is 9.94. The molecule has 1 fully saturated rings. The SMILES string of the molecule is CCn1nccc1-c1nccnc1[C@@H]1CCCN1C(=O)C(C)(C)C. The minimum absolute atomic E-state index is 0.0133. The number of carbonyl (C=O) groups excluding carboxylic acids is 1. The summed E-state index contributed by atoms with van der Waals surface area (Å²) in [6.07, 6.45) is 7.12. The number of aromatic nitrogens is 4. The Morgan fingerprint density at radius 3 is 2.71 bits per heavy atom. The molecular weight excluding hydrogens is 302 g/mol. The van der Waals surface area contributed by atoms with E-state index in [-0.39, 0.29) is 11.9 Å². The van der Waals surface area contributed by atoms with Crippen LogP contribution in [-0.4, -0.2) is 37.1 Å². The van der Waals surface area contributed by atoms with Crippen molar-refractivity contribution in [3.63, 3.8) is 0 Å². The molecule has 128 valence electrons. The Morgan fingerprint density at radius 1 is 1.25 bits per heavy atom. The fourth-order valence-corrected chi connectivity index (χ4v) is 3.30. The van der Waals surface area contributed by atoms with Crippen LogP contribution in [0.5, 0.6) is 0 Å². The molecule has 0 spiro atoms. The third-order valence-electron chi connectivity index (χ3n) is 4.46. The molecule has 3 rings (SSSR count). The van der Waals surface area contributed by atoms with Crippen LogP contribution < -0.4 is 0 Å². The van der Waals surface area contributed by atoms with Crippen molar-refractivity contribution in [3.8, 4) is 11.4 Å². The minimum Gasteiger partial charge on any atom is -0.334 e. The molecule has 0 radical (unpaired) electrons. The number of hydrogen-bond acceptors (Lipinski definition) is 4. The van der Waals surface area contributed by atoms with Gasteiger partial charge in [0.05, 0.1) is 17.4 Å². The highest BCUT2D eigenvalue weighted by Crippen LogP contribution is 2.37. The van der Waals surface area contributed by atoms with Crippen molar-refractivity contribution in [2.24, 2.45) is 5.41 Å². The maximum atomic E-state index is 12.8. The van der Waals surface area contributed by atoms with Crippen molar-refractivity contribution in [1.82, 2.24) is 24.6 Å². The Kier molecular flexibility index (Phi) is 4.39. The first-order valence-electron chi connectivity index (χ1n) is 8.57. The smallest absolute Gasteiger partial charge is 0.228 e. The Morgan fingerprint density at radius 2 is 2.00 bits per heavy atom. The third kappa shape index (κ3) is 2.92. The third-order valence-corrected chi connectivity index (χ3v) is 4.46. The lowest BCUT2D eigenvalue weighted by Gasteiger charge is -2.31. The summed E-state index contributed by atoms with van der Waals surface area (Å²) in [5, 5.41) is 4.34. The molecule has 0 N–H and O–H groups in total. The van der Waals surface area contributed by atoms with Crippen molar-refractivity contribution >= 4 is 5.91 Å². The molecule has 6 heteroatoms. The molecule has 1 aliphatic rings. The van der Waals surface area contributed by atoms with Gasteiger partial charge in [0, 0.05) is 37.1 Å². The van der Waals surface area contributed by atoms with Gasteiger partial charge in [0.1, 0.15) is 5.69 Å². The van der Waals surface area contributed by atoms with Gasteiger partial charge in [0.25, 0.3) is 0 Å². The van der Waals surface area contributed by atoms with Crippen LogP contribution in [-0.2, 0) is 11.3 Å². The van der Waals surface area contributed by atoms with Gasteiger partial charge in [-0.05, 0) is 25.8 Å². The van der Waals surface area contributed by atoms with E-state index in [9.17, 15) is 4.79 Å². The molecule has 1 amide bonds. The van der Waals surface area contributed by atoms with E-state index >= 15 is 0 Å². The summed E-state index contributed by atoms with van der Waals surface area (Å²) in [4.78, 5) is 24.0. The van der Waals surface area contributed by atoms with Gasteiger partial charge in [0.15, 0.2) is 0 Å². The number of hydrogen-bond donors (Lipinski definition) is 0. The Balaban J connectivity index is 2.02. The predicted octanol–water partition coefficient (Wildman–Crippen LogP) is 3.07. The fourth-order valence-electron chi connectivity index (χ4n) is 3.30. The molecule has 2 aromatic rings. The largest absolute Gasteiger partial charge is 0.334 e. The zero-order chi connectivity index (χ0) is 17.3. The molecule has 1 aliphatic heterocycles. The van der Waals surface area contributed by atoms with Crippen LogP contribution in [0, 0.1) is 5.41 Å². The van der Waals surface area contributed by atoms with E-state index in [1.54, 1.807) is 18.6 Å². The molecule has 0 aromatic carbocycles. The normalized spacial score (nSPS) is 18.2. The molecule has 0 bridgehead atoms. The predicted molar refractivity (Wildman–Crippen MR) is 92.1 cm³/mol. The van der Waals surface area contributed by atoms with Crippen LogP contribution in [0.15, 0.2) is 24.7 Å². The molecular formula is C18H25N5O. The molecule has 1 saturated heterocycles. The summed E-state index contributed by atoms with van der Waals surface area (Å²) >= 11 is 0. The average Bonchev–Trinajstić information content (AvgIpc) is 3.22. The molecule has 6 nitrogen and oxygen atoms in total. The molecule has 24 heavy (non-hydrogen) atoms. The fraction of sp³-hybridized carbons (Fsp3) is 0.556. The summed E-state index contributed by atoms with van der Waals surface area (Å²) in [6.45, 7) is 9.51. The van der Waals surface area contributed by atoms with Crippen LogP contribution in [0.1, 0.15) is 52.3 Å². The lowest BCUT2D eigenvalue weighted by Crippen LogP contribution is -2.39. The van der Waals surface area contributed by atoms with Crippen LogP contribution >= 0.6 is 0 Å². The molecule has 0 saturated carbocycles. The molecule has 0 unspecified atom stereocenters. The Labute approximate surface area is 142 Å². The van der Waals surface area contributed by atoms with Crippen molar-refractivity contribution in [1.29, 1.82) is 0 Å². The number of nitrogens with zero attached hydrogens (tertiary/aromatic N) is 5. The van der Waals surface area contributed by atoms with Crippen LogP contribution in [0.25, 0.3) is 11.4 Å². The van der Waals surface area contributed by atoms with Gasteiger partial charge < -0.3 is 4.90 Å². The lowest BCUT2D eigenvalue weighted by molar-refractivity contribution is -0.140. The first kappa shape index (κ1) is 16.6. The van der Waals surface area contributed by atoms with Crippen molar-refractivity contribution < 1.29 is 4.79 Å². The van der Waals surface area contributed by atoms with Crippen molar-refractivity contribution in [2.75, 3.05) is 6.54 Å². The molecule has 3 heterocycles. The summed E-state index contributed by atoms with van der Waals surface area (Å²) in [5.41, 5.74) is 2.27. The van der Waals surface area contributed by atoms with Gasteiger partial charge >= 0.3 is 0 Å². The highest BCUT2D eigenvalue weighted by Gasteiger charge is 2.37. The van der Waals surface area contributed by atoms with E-state index in [4.69, 9.17) is 0 Å². The Bertz CT molecular complexity index is 731. The topological polar surface area (TPSA) is 63.9 Å². The first-order valence-corrected chi connectivity index (χ1v) is 8.57. The second-order valence-corrected chi connectivity index (χ2v) is 7.23. The Hall–Kier alpha value is -2.24. The van der Waals surface area contributed by atoms with E-state index in [0.717, 1.165) is 43.0 Å². The maximum Gasteiger partial charge on any atom is 0.228 e. The second-order valence-electron chi connectivity index (χ2n) is 7.23. The van der Waals surface area contributed by atoms with Crippen LogP contribution in [0.4, 0.5) is 0 Å².